The molecule has 1 aromatic heterocycles. The standard InChI is InChI=1S/C24H32F3N3O2Si/c1-23(2,3)33(4,5)32-20-10-11-21(28-16-20)29-22(31)17-12-14-30(15-13-17)19-8-6-18(7-9-19)24(25,26)27/h6-11,16-17H,12-15H2,1-5H3,(H,28,29,31). The fourth-order valence-electron chi connectivity index (χ4n) is 3.45. The third-order valence-corrected chi connectivity index (χ3v) is 11.0. The van der Waals surface area contributed by atoms with Crippen LogP contribution in [0.5, 0.6) is 5.75 Å². The fraction of sp³-hybridized carbons (Fsp3) is 0.500. The van der Waals surface area contributed by atoms with E-state index >= 15 is 0 Å². The Morgan fingerprint density at radius 1 is 1.06 bits per heavy atom. The molecule has 3 rings (SSSR count). The van der Waals surface area contributed by atoms with Crippen LogP contribution in [0.25, 0.3) is 0 Å². The maximum Gasteiger partial charge on any atom is 0.416 e. The molecule has 0 bridgehead atoms. The topological polar surface area (TPSA) is 54.5 Å². The molecular weight excluding hydrogens is 447 g/mol. The van der Waals surface area contributed by atoms with Gasteiger partial charge >= 0.3 is 6.18 Å². The minimum Gasteiger partial charge on any atom is -0.542 e. The number of halogens is 3. The molecule has 1 amide bonds. The Hall–Kier alpha value is -2.55. The normalized spacial score (nSPS) is 15.9. The summed E-state index contributed by atoms with van der Waals surface area (Å²) in [6.07, 6.45) is -1.45. The molecule has 9 heteroatoms. The second kappa shape index (κ2) is 9.36. The lowest BCUT2D eigenvalue weighted by atomic mass is 9.95. The number of piperidine rings is 1. The molecule has 180 valence electrons. The van der Waals surface area contributed by atoms with Crippen molar-refractivity contribution in [3.63, 3.8) is 0 Å². The molecule has 0 unspecified atom stereocenters. The van der Waals surface area contributed by atoms with E-state index in [4.69, 9.17) is 4.43 Å². The summed E-state index contributed by atoms with van der Waals surface area (Å²) in [6.45, 7) is 12.1. The molecule has 1 saturated heterocycles. The number of rotatable bonds is 5. The number of hydrogen-bond acceptors (Lipinski definition) is 4. The van der Waals surface area contributed by atoms with E-state index in [9.17, 15) is 18.0 Å². The van der Waals surface area contributed by atoms with Crippen LogP contribution in [-0.4, -0.2) is 32.3 Å². The Bertz CT molecular complexity index is 947. The molecule has 1 N–H and O–H groups in total. The largest absolute Gasteiger partial charge is 0.542 e. The predicted molar refractivity (Wildman–Crippen MR) is 127 cm³/mol. The number of hydrogen-bond donors (Lipinski definition) is 1. The van der Waals surface area contributed by atoms with Gasteiger partial charge in [-0.25, -0.2) is 4.98 Å². The molecule has 1 aromatic carbocycles. The van der Waals surface area contributed by atoms with Gasteiger partial charge in [0.15, 0.2) is 0 Å². The number of amides is 1. The molecule has 1 aliphatic heterocycles. The zero-order valence-corrected chi connectivity index (χ0v) is 20.8. The van der Waals surface area contributed by atoms with E-state index in [-0.39, 0.29) is 16.9 Å². The summed E-state index contributed by atoms with van der Waals surface area (Å²) in [6, 6.07) is 8.74. The molecule has 2 heterocycles. The second-order valence-corrected chi connectivity index (χ2v) is 14.8. The first-order valence-electron chi connectivity index (χ1n) is 11.1. The minimum atomic E-state index is -4.34. The molecule has 5 nitrogen and oxygen atoms in total. The summed E-state index contributed by atoms with van der Waals surface area (Å²) in [5.41, 5.74) is 0.0783. The summed E-state index contributed by atoms with van der Waals surface area (Å²) >= 11 is 0. The minimum absolute atomic E-state index is 0.0785. The number of nitrogens with zero attached hydrogens (tertiary/aromatic N) is 2. The van der Waals surface area contributed by atoms with Crippen molar-refractivity contribution < 1.29 is 22.4 Å². The van der Waals surface area contributed by atoms with Crippen molar-refractivity contribution in [1.82, 2.24) is 4.98 Å². The predicted octanol–water partition coefficient (Wildman–Crippen LogP) is 6.34. The molecular formula is C24H32F3N3O2Si. The van der Waals surface area contributed by atoms with Gasteiger partial charge in [0.25, 0.3) is 8.32 Å². The number of carbonyl (C=O) groups is 1. The molecule has 0 spiro atoms. The average Bonchev–Trinajstić information content (AvgIpc) is 2.74. The van der Waals surface area contributed by atoms with Crippen molar-refractivity contribution in [3.05, 3.63) is 48.2 Å². The number of anilines is 2. The van der Waals surface area contributed by atoms with Crippen molar-refractivity contribution in [3.8, 4) is 5.75 Å². The van der Waals surface area contributed by atoms with Crippen LogP contribution >= 0.6 is 0 Å². The first-order valence-corrected chi connectivity index (χ1v) is 14.1. The van der Waals surface area contributed by atoms with E-state index in [1.54, 1.807) is 12.3 Å². The Kier molecular flexibility index (Phi) is 7.12. The second-order valence-electron chi connectivity index (χ2n) is 10.0. The van der Waals surface area contributed by atoms with E-state index in [1.165, 1.54) is 12.1 Å². The van der Waals surface area contributed by atoms with Gasteiger partial charge < -0.3 is 14.6 Å². The van der Waals surface area contributed by atoms with Gasteiger partial charge in [-0.15, -0.1) is 0 Å². The van der Waals surface area contributed by atoms with Crippen LogP contribution in [0.4, 0.5) is 24.7 Å². The van der Waals surface area contributed by atoms with Gasteiger partial charge in [0.1, 0.15) is 11.6 Å². The van der Waals surface area contributed by atoms with Crippen molar-refractivity contribution in [2.45, 2.75) is 57.9 Å². The Labute approximate surface area is 194 Å². The van der Waals surface area contributed by atoms with E-state index < -0.39 is 20.1 Å². The third-order valence-electron chi connectivity index (χ3n) is 6.59. The summed E-state index contributed by atoms with van der Waals surface area (Å²) in [5.74, 6) is 0.922. The summed E-state index contributed by atoms with van der Waals surface area (Å²) in [4.78, 5) is 19.0. The highest BCUT2D eigenvalue weighted by Gasteiger charge is 2.39. The van der Waals surface area contributed by atoms with E-state index in [1.807, 2.05) is 11.0 Å². The zero-order chi connectivity index (χ0) is 24.4. The lowest BCUT2D eigenvalue weighted by Gasteiger charge is -2.36. The van der Waals surface area contributed by atoms with Gasteiger partial charge in [-0.3, -0.25) is 4.79 Å². The number of nitrogens with one attached hydrogen (secondary N) is 1. The Morgan fingerprint density at radius 2 is 1.67 bits per heavy atom. The van der Waals surface area contributed by atoms with Crippen molar-refractivity contribution in [2.75, 3.05) is 23.3 Å². The first kappa shape index (κ1) is 25.1. The van der Waals surface area contributed by atoms with Crippen LogP contribution < -0.4 is 14.6 Å². The van der Waals surface area contributed by atoms with E-state index in [2.05, 4.69) is 44.2 Å². The first-order chi connectivity index (χ1) is 15.3. The summed E-state index contributed by atoms with van der Waals surface area (Å²) in [5, 5.41) is 2.95. The van der Waals surface area contributed by atoms with Crippen LogP contribution in [0.15, 0.2) is 42.6 Å². The number of aromatic nitrogens is 1. The molecule has 0 radical (unpaired) electrons. The summed E-state index contributed by atoms with van der Waals surface area (Å²) in [7, 11) is -1.96. The van der Waals surface area contributed by atoms with Crippen molar-refractivity contribution in [1.29, 1.82) is 0 Å². The smallest absolute Gasteiger partial charge is 0.416 e. The van der Waals surface area contributed by atoms with E-state index in [0.717, 1.165) is 17.8 Å². The van der Waals surface area contributed by atoms with Gasteiger partial charge in [-0.1, -0.05) is 20.8 Å². The van der Waals surface area contributed by atoms with E-state index in [0.29, 0.717) is 37.5 Å². The lowest BCUT2D eigenvalue weighted by molar-refractivity contribution is -0.137. The van der Waals surface area contributed by atoms with Crippen LogP contribution in [0, 0.1) is 5.92 Å². The fourth-order valence-corrected chi connectivity index (χ4v) is 4.47. The molecule has 1 fully saturated rings. The van der Waals surface area contributed by atoms with Gasteiger partial charge in [-0.2, -0.15) is 13.2 Å². The van der Waals surface area contributed by atoms with Gasteiger partial charge in [-0.05, 0) is 67.4 Å². The maximum atomic E-state index is 12.8. The molecule has 0 saturated carbocycles. The molecule has 2 aromatic rings. The highest BCUT2D eigenvalue weighted by atomic mass is 28.4. The van der Waals surface area contributed by atoms with Gasteiger partial charge in [0.05, 0.1) is 11.8 Å². The monoisotopic (exact) mass is 479 g/mol. The number of alkyl halides is 3. The summed E-state index contributed by atoms with van der Waals surface area (Å²) < 4.78 is 44.5. The number of benzene rings is 1. The van der Waals surface area contributed by atoms with Gasteiger partial charge in [0.2, 0.25) is 5.91 Å². The van der Waals surface area contributed by atoms with Crippen LogP contribution in [0.3, 0.4) is 0 Å². The highest BCUT2D eigenvalue weighted by Crippen LogP contribution is 2.37. The molecule has 33 heavy (non-hydrogen) atoms. The van der Waals surface area contributed by atoms with Crippen molar-refractivity contribution >= 4 is 25.7 Å². The Balaban J connectivity index is 1.52. The Morgan fingerprint density at radius 3 is 2.15 bits per heavy atom. The molecule has 0 aliphatic carbocycles. The number of pyridine rings is 1. The molecule has 1 aliphatic rings. The lowest BCUT2D eigenvalue weighted by Crippen LogP contribution is -2.43. The van der Waals surface area contributed by atoms with Gasteiger partial charge in [0, 0.05) is 24.7 Å². The maximum absolute atomic E-state index is 12.8. The average molecular weight is 480 g/mol. The van der Waals surface area contributed by atoms with Crippen LogP contribution in [0.1, 0.15) is 39.2 Å². The molecule has 0 atom stereocenters. The van der Waals surface area contributed by atoms with Crippen molar-refractivity contribution in [2.24, 2.45) is 5.92 Å². The van der Waals surface area contributed by atoms with Crippen LogP contribution in [-0.2, 0) is 11.0 Å². The quantitative estimate of drug-likeness (QED) is 0.509. The zero-order valence-electron chi connectivity index (χ0n) is 19.8. The third kappa shape index (κ3) is 6.28. The highest BCUT2D eigenvalue weighted by molar-refractivity contribution is 6.74. The van der Waals surface area contributed by atoms with Crippen LogP contribution in [0.2, 0.25) is 18.1 Å². The number of carbonyl (C=O) groups excluding carboxylic acids is 1. The SMILES string of the molecule is CC(C)(C)[Si](C)(C)Oc1ccc(NC(=O)C2CCN(c3ccc(C(F)(F)F)cc3)CC2)nc1.